The Morgan fingerprint density at radius 2 is 1.84 bits per heavy atom. The quantitative estimate of drug-likeness (QED) is 0.830. The van der Waals surface area contributed by atoms with Gasteiger partial charge < -0.3 is 10.2 Å². The summed E-state index contributed by atoms with van der Waals surface area (Å²) >= 11 is 0. The largest absolute Gasteiger partial charge is 0.342 e. The van der Waals surface area contributed by atoms with E-state index in [1.165, 1.54) is 11.1 Å². The molecule has 2 aliphatic heterocycles. The van der Waals surface area contributed by atoms with Gasteiger partial charge in [-0.3, -0.25) is 4.79 Å². The first kappa shape index (κ1) is 12.7. The van der Waals surface area contributed by atoms with Crippen molar-refractivity contribution in [1.82, 2.24) is 10.2 Å². The van der Waals surface area contributed by atoms with Crippen LogP contribution >= 0.6 is 0 Å². The van der Waals surface area contributed by atoms with Gasteiger partial charge in [0, 0.05) is 19.6 Å². The monoisotopic (exact) mass is 258 g/mol. The number of nitrogens with zero attached hydrogens (tertiary/aromatic N) is 1. The van der Waals surface area contributed by atoms with Crippen molar-refractivity contribution in [3.63, 3.8) is 0 Å². The highest BCUT2D eigenvalue weighted by Gasteiger charge is 2.26. The van der Waals surface area contributed by atoms with Crippen LogP contribution in [-0.4, -0.2) is 37.0 Å². The minimum atomic E-state index is 0.204. The summed E-state index contributed by atoms with van der Waals surface area (Å²) in [6.45, 7) is 3.69. The van der Waals surface area contributed by atoms with Crippen LogP contribution in [0.4, 0.5) is 0 Å². The maximum atomic E-state index is 12.5. The first-order chi connectivity index (χ1) is 9.34. The van der Waals surface area contributed by atoms with Gasteiger partial charge in [-0.2, -0.15) is 0 Å². The molecule has 1 aromatic rings. The third kappa shape index (κ3) is 2.81. The summed E-state index contributed by atoms with van der Waals surface area (Å²) < 4.78 is 0. The smallest absolute Gasteiger partial charge is 0.226 e. The first-order valence-corrected chi connectivity index (χ1v) is 7.41. The molecule has 2 aliphatic rings. The van der Waals surface area contributed by atoms with Crippen molar-refractivity contribution in [2.45, 2.75) is 25.7 Å². The van der Waals surface area contributed by atoms with Crippen LogP contribution in [0.2, 0.25) is 0 Å². The molecule has 1 N–H and O–H groups in total. The lowest BCUT2D eigenvalue weighted by Crippen LogP contribution is -2.44. The number of nitrogens with one attached hydrogen (secondary N) is 1. The summed E-state index contributed by atoms with van der Waals surface area (Å²) in [7, 11) is 0. The molecule has 19 heavy (non-hydrogen) atoms. The molecule has 1 aromatic carbocycles. The zero-order valence-corrected chi connectivity index (χ0v) is 11.4. The lowest BCUT2D eigenvalue weighted by Gasteiger charge is -2.28. The summed E-state index contributed by atoms with van der Waals surface area (Å²) in [5.41, 5.74) is 2.83. The van der Waals surface area contributed by atoms with Gasteiger partial charge in [-0.15, -0.1) is 0 Å². The second kappa shape index (κ2) is 5.74. The molecule has 2 heterocycles. The molecule has 3 heteroatoms. The Morgan fingerprint density at radius 3 is 2.42 bits per heavy atom. The molecule has 1 atom stereocenters. The molecule has 3 nitrogen and oxygen atoms in total. The van der Waals surface area contributed by atoms with E-state index >= 15 is 0 Å². The van der Waals surface area contributed by atoms with Crippen molar-refractivity contribution in [2.75, 3.05) is 26.2 Å². The second-order valence-corrected chi connectivity index (χ2v) is 5.64. The normalized spacial score (nSPS) is 23.6. The third-order valence-corrected chi connectivity index (χ3v) is 4.38. The zero-order chi connectivity index (χ0) is 13.1. The van der Waals surface area contributed by atoms with E-state index in [1.807, 2.05) is 0 Å². The van der Waals surface area contributed by atoms with Gasteiger partial charge in [-0.05, 0) is 43.4 Å². The Balaban J connectivity index is 1.66. The topological polar surface area (TPSA) is 32.3 Å². The SMILES string of the molecule is O=C([C@@H]1CCCNC1)N1CCc2ccccc2CC1. The highest BCUT2D eigenvalue weighted by Crippen LogP contribution is 2.19. The minimum Gasteiger partial charge on any atom is -0.342 e. The van der Waals surface area contributed by atoms with Gasteiger partial charge in [0.1, 0.15) is 0 Å². The van der Waals surface area contributed by atoms with Gasteiger partial charge >= 0.3 is 0 Å². The number of piperidine rings is 1. The molecule has 0 aromatic heterocycles. The Morgan fingerprint density at radius 1 is 1.16 bits per heavy atom. The molecule has 0 saturated carbocycles. The lowest BCUT2D eigenvalue weighted by molar-refractivity contribution is -0.135. The number of fused-ring (bicyclic) bond motifs is 1. The summed E-state index contributed by atoms with van der Waals surface area (Å²) in [6, 6.07) is 8.60. The third-order valence-electron chi connectivity index (χ3n) is 4.38. The Hall–Kier alpha value is -1.35. The van der Waals surface area contributed by atoms with Crippen LogP contribution in [0.5, 0.6) is 0 Å². The van der Waals surface area contributed by atoms with Crippen LogP contribution in [-0.2, 0) is 17.6 Å². The van der Waals surface area contributed by atoms with Crippen LogP contribution < -0.4 is 5.32 Å². The van der Waals surface area contributed by atoms with Gasteiger partial charge in [0.2, 0.25) is 5.91 Å². The van der Waals surface area contributed by atoms with Crippen LogP contribution in [0.25, 0.3) is 0 Å². The summed E-state index contributed by atoms with van der Waals surface area (Å²) in [6.07, 6.45) is 4.18. The number of rotatable bonds is 1. The highest BCUT2D eigenvalue weighted by molar-refractivity contribution is 5.79. The molecule has 1 fully saturated rings. The average molecular weight is 258 g/mol. The highest BCUT2D eigenvalue weighted by atomic mass is 16.2. The molecule has 0 bridgehead atoms. The Bertz CT molecular complexity index is 425. The van der Waals surface area contributed by atoms with Crippen LogP contribution in [0, 0.1) is 5.92 Å². The molecule has 0 aliphatic carbocycles. The zero-order valence-electron chi connectivity index (χ0n) is 11.4. The number of hydrogen-bond acceptors (Lipinski definition) is 2. The van der Waals surface area contributed by atoms with Crippen molar-refractivity contribution >= 4 is 5.91 Å². The van der Waals surface area contributed by atoms with Crippen molar-refractivity contribution in [3.8, 4) is 0 Å². The van der Waals surface area contributed by atoms with Crippen molar-refractivity contribution in [3.05, 3.63) is 35.4 Å². The van der Waals surface area contributed by atoms with Gasteiger partial charge in [0.25, 0.3) is 0 Å². The standard InChI is InChI=1S/C16H22N2O/c19-16(15-6-3-9-17-12-15)18-10-7-13-4-1-2-5-14(13)8-11-18/h1-2,4-5,15,17H,3,6-12H2/t15-/m1/s1. The number of benzene rings is 1. The van der Waals surface area contributed by atoms with E-state index in [2.05, 4.69) is 34.5 Å². The van der Waals surface area contributed by atoms with Crippen molar-refractivity contribution in [1.29, 1.82) is 0 Å². The summed E-state index contributed by atoms with van der Waals surface area (Å²) in [5, 5.41) is 3.34. The molecule has 102 valence electrons. The Labute approximate surface area is 115 Å². The molecule has 1 amide bonds. The van der Waals surface area contributed by atoms with Crippen LogP contribution in [0.3, 0.4) is 0 Å². The maximum Gasteiger partial charge on any atom is 0.226 e. The molecule has 1 saturated heterocycles. The van der Waals surface area contributed by atoms with Crippen LogP contribution in [0.15, 0.2) is 24.3 Å². The molecule has 0 unspecified atom stereocenters. The van der Waals surface area contributed by atoms with E-state index in [0.29, 0.717) is 5.91 Å². The summed E-state index contributed by atoms with van der Waals surface area (Å²) in [5.74, 6) is 0.565. The van der Waals surface area contributed by atoms with E-state index in [0.717, 1.165) is 51.9 Å². The van der Waals surface area contributed by atoms with Gasteiger partial charge in [0.15, 0.2) is 0 Å². The maximum absolute atomic E-state index is 12.5. The lowest BCUT2D eigenvalue weighted by atomic mass is 9.98. The summed E-state index contributed by atoms with van der Waals surface area (Å²) in [4.78, 5) is 14.6. The predicted molar refractivity (Wildman–Crippen MR) is 76.0 cm³/mol. The van der Waals surface area contributed by atoms with Gasteiger partial charge in [0.05, 0.1) is 5.92 Å². The molecular formula is C16H22N2O. The van der Waals surface area contributed by atoms with E-state index in [-0.39, 0.29) is 5.92 Å². The van der Waals surface area contributed by atoms with Gasteiger partial charge in [-0.1, -0.05) is 24.3 Å². The molecule has 3 rings (SSSR count). The fourth-order valence-electron chi connectivity index (χ4n) is 3.21. The van der Waals surface area contributed by atoms with E-state index in [9.17, 15) is 4.79 Å². The fourth-order valence-corrected chi connectivity index (χ4v) is 3.21. The number of carbonyl (C=O) groups excluding carboxylic acids is 1. The molecule has 0 radical (unpaired) electrons. The molecule has 0 spiro atoms. The van der Waals surface area contributed by atoms with Crippen LogP contribution in [0.1, 0.15) is 24.0 Å². The number of amides is 1. The number of carbonyl (C=O) groups is 1. The van der Waals surface area contributed by atoms with E-state index in [4.69, 9.17) is 0 Å². The van der Waals surface area contributed by atoms with E-state index < -0.39 is 0 Å². The second-order valence-electron chi connectivity index (χ2n) is 5.64. The van der Waals surface area contributed by atoms with Crippen molar-refractivity contribution < 1.29 is 4.79 Å². The van der Waals surface area contributed by atoms with Gasteiger partial charge in [-0.25, -0.2) is 0 Å². The average Bonchev–Trinajstić information content (AvgIpc) is 2.70. The first-order valence-electron chi connectivity index (χ1n) is 7.41. The Kier molecular flexibility index (Phi) is 3.83. The predicted octanol–water partition coefficient (Wildman–Crippen LogP) is 1.61. The molecular weight excluding hydrogens is 236 g/mol. The number of hydrogen-bond donors (Lipinski definition) is 1. The van der Waals surface area contributed by atoms with E-state index in [1.54, 1.807) is 0 Å². The fraction of sp³-hybridized carbons (Fsp3) is 0.562. The van der Waals surface area contributed by atoms with Crippen molar-refractivity contribution in [2.24, 2.45) is 5.92 Å². The minimum absolute atomic E-state index is 0.204.